The number of benzene rings is 1. The van der Waals surface area contributed by atoms with Crippen molar-refractivity contribution in [1.82, 2.24) is 5.32 Å². The second kappa shape index (κ2) is 7.68. The molecule has 2 aromatic rings. The molecule has 0 aliphatic carbocycles. The molecule has 0 saturated carbocycles. The summed E-state index contributed by atoms with van der Waals surface area (Å²) in [6.07, 6.45) is 0.962. The van der Waals surface area contributed by atoms with E-state index in [9.17, 15) is 0 Å². The highest BCUT2D eigenvalue weighted by Gasteiger charge is 2.03. The lowest BCUT2D eigenvalue weighted by molar-refractivity contribution is 0.321. The van der Waals surface area contributed by atoms with Crippen LogP contribution in [0.3, 0.4) is 0 Å². The van der Waals surface area contributed by atoms with Crippen LogP contribution in [0.15, 0.2) is 40.2 Å². The van der Waals surface area contributed by atoms with Gasteiger partial charge in [-0.25, -0.2) is 0 Å². The van der Waals surface area contributed by atoms with Crippen LogP contribution in [0, 0.1) is 0 Å². The van der Waals surface area contributed by atoms with Gasteiger partial charge in [0.05, 0.1) is 11.1 Å². The average molecular weight is 340 g/mol. The van der Waals surface area contributed by atoms with Crippen LogP contribution in [0.2, 0.25) is 0 Å². The molecule has 1 N–H and O–H groups in total. The van der Waals surface area contributed by atoms with Crippen LogP contribution in [0.4, 0.5) is 0 Å². The summed E-state index contributed by atoms with van der Waals surface area (Å²) in [4.78, 5) is 1.36. The minimum absolute atomic E-state index is 0.714. The molecular formula is C15H18BrNOS. The van der Waals surface area contributed by atoms with E-state index >= 15 is 0 Å². The van der Waals surface area contributed by atoms with Crippen molar-refractivity contribution in [2.45, 2.75) is 19.9 Å². The maximum atomic E-state index is 5.81. The molecular weight excluding hydrogens is 322 g/mol. The number of halogens is 1. The molecule has 0 spiro atoms. The van der Waals surface area contributed by atoms with Crippen molar-refractivity contribution in [1.29, 1.82) is 0 Å². The Morgan fingerprint density at radius 3 is 2.89 bits per heavy atom. The zero-order valence-electron chi connectivity index (χ0n) is 11.0. The molecule has 2 nitrogen and oxygen atoms in total. The molecule has 0 saturated heterocycles. The van der Waals surface area contributed by atoms with E-state index in [1.54, 1.807) is 11.3 Å². The zero-order chi connectivity index (χ0) is 13.5. The van der Waals surface area contributed by atoms with Crippen LogP contribution < -0.4 is 10.1 Å². The van der Waals surface area contributed by atoms with Crippen LogP contribution in [-0.4, -0.2) is 13.2 Å². The van der Waals surface area contributed by atoms with Crippen molar-refractivity contribution in [3.63, 3.8) is 0 Å². The fourth-order valence-corrected chi connectivity index (χ4v) is 2.99. The first-order chi connectivity index (χ1) is 9.29. The summed E-state index contributed by atoms with van der Waals surface area (Å²) in [5.41, 5.74) is 1.26. The molecule has 4 heteroatoms. The summed E-state index contributed by atoms with van der Waals surface area (Å²) in [6.45, 7) is 4.70. The Kier molecular flexibility index (Phi) is 5.89. The highest BCUT2D eigenvalue weighted by molar-refractivity contribution is 9.10. The Hall–Kier alpha value is -0.840. The smallest absolute Gasteiger partial charge is 0.133 e. The summed E-state index contributed by atoms with van der Waals surface area (Å²) in [5.74, 6) is 0.914. The fourth-order valence-electron chi connectivity index (χ4n) is 1.76. The first kappa shape index (κ1) is 14.6. The number of thiophene rings is 1. The van der Waals surface area contributed by atoms with Crippen molar-refractivity contribution < 1.29 is 4.74 Å². The van der Waals surface area contributed by atoms with Gasteiger partial charge >= 0.3 is 0 Å². The molecule has 2 rings (SSSR count). The summed E-state index contributed by atoms with van der Waals surface area (Å²) >= 11 is 5.34. The Labute approximate surface area is 126 Å². The van der Waals surface area contributed by atoms with Gasteiger partial charge in [0, 0.05) is 17.8 Å². The number of hydrogen-bond donors (Lipinski definition) is 1. The summed E-state index contributed by atoms with van der Waals surface area (Å²) in [5, 5.41) is 5.41. The van der Waals surface area contributed by atoms with Gasteiger partial charge in [-0.2, -0.15) is 0 Å². The maximum Gasteiger partial charge on any atom is 0.133 e. The van der Waals surface area contributed by atoms with Gasteiger partial charge in [0.1, 0.15) is 5.75 Å². The van der Waals surface area contributed by atoms with Gasteiger partial charge < -0.3 is 10.1 Å². The predicted molar refractivity (Wildman–Crippen MR) is 85.0 cm³/mol. The maximum absolute atomic E-state index is 5.81. The number of hydrogen-bond acceptors (Lipinski definition) is 3. The third-order valence-electron chi connectivity index (χ3n) is 2.76. The minimum atomic E-state index is 0.714. The Balaban J connectivity index is 1.86. The van der Waals surface area contributed by atoms with E-state index in [4.69, 9.17) is 4.74 Å². The summed E-state index contributed by atoms with van der Waals surface area (Å²) in [7, 11) is 0. The lowest BCUT2D eigenvalue weighted by Crippen LogP contribution is -2.11. The van der Waals surface area contributed by atoms with Crippen molar-refractivity contribution in [3.05, 3.63) is 50.6 Å². The molecule has 0 aliphatic heterocycles. The normalized spacial score (nSPS) is 10.6. The highest BCUT2D eigenvalue weighted by atomic mass is 79.9. The second-order valence-electron chi connectivity index (χ2n) is 4.22. The van der Waals surface area contributed by atoms with E-state index in [1.807, 2.05) is 6.07 Å². The Bertz CT molecular complexity index is 499. The van der Waals surface area contributed by atoms with E-state index in [2.05, 4.69) is 57.8 Å². The standard InChI is InChI=1S/C15H18BrNOS/c1-2-17-11-12-5-6-15(14(16)10-12)18-8-7-13-4-3-9-19-13/h3-6,9-10,17H,2,7-8,11H2,1H3. The highest BCUT2D eigenvalue weighted by Crippen LogP contribution is 2.26. The molecule has 0 amide bonds. The SMILES string of the molecule is CCNCc1ccc(OCCc2cccs2)c(Br)c1. The first-order valence-corrected chi connectivity index (χ1v) is 8.11. The largest absolute Gasteiger partial charge is 0.492 e. The molecule has 102 valence electrons. The zero-order valence-corrected chi connectivity index (χ0v) is 13.4. The first-order valence-electron chi connectivity index (χ1n) is 6.44. The van der Waals surface area contributed by atoms with Gasteiger partial charge in [0.15, 0.2) is 0 Å². The van der Waals surface area contributed by atoms with Crippen molar-refractivity contribution in [2.24, 2.45) is 0 Å². The molecule has 1 aromatic carbocycles. The number of rotatable bonds is 7. The molecule has 0 aliphatic rings. The lowest BCUT2D eigenvalue weighted by atomic mass is 10.2. The van der Waals surface area contributed by atoms with Crippen LogP contribution >= 0.6 is 27.3 Å². The fraction of sp³-hybridized carbons (Fsp3) is 0.333. The van der Waals surface area contributed by atoms with E-state index in [1.165, 1.54) is 10.4 Å². The third-order valence-corrected chi connectivity index (χ3v) is 4.32. The van der Waals surface area contributed by atoms with Gasteiger partial charge in [0.25, 0.3) is 0 Å². The van der Waals surface area contributed by atoms with E-state index in [0.717, 1.165) is 29.7 Å². The molecule has 0 fully saturated rings. The van der Waals surface area contributed by atoms with Gasteiger partial charge in [-0.15, -0.1) is 11.3 Å². The molecule has 0 atom stereocenters. The number of ether oxygens (including phenoxy) is 1. The molecule has 0 bridgehead atoms. The number of nitrogens with one attached hydrogen (secondary N) is 1. The Morgan fingerprint density at radius 1 is 1.32 bits per heavy atom. The van der Waals surface area contributed by atoms with Crippen molar-refractivity contribution in [2.75, 3.05) is 13.2 Å². The molecule has 1 heterocycles. The van der Waals surface area contributed by atoms with Crippen LogP contribution in [0.25, 0.3) is 0 Å². The monoisotopic (exact) mass is 339 g/mol. The quantitative estimate of drug-likeness (QED) is 0.814. The van der Waals surface area contributed by atoms with Crippen LogP contribution in [0.5, 0.6) is 5.75 Å². The molecule has 0 unspecified atom stereocenters. The Morgan fingerprint density at radius 2 is 2.21 bits per heavy atom. The predicted octanol–water partition coefficient (Wildman–Crippen LogP) is 4.24. The minimum Gasteiger partial charge on any atom is -0.492 e. The van der Waals surface area contributed by atoms with E-state index in [0.29, 0.717) is 6.61 Å². The lowest BCUT2D eigenvalue weighted by Gasteiger charge is -2.09. The van der Waals surface area contributed by atoms with Gasteiger partial charge in [-0.3, -0.25) is 0 Å². The second-order valence-corrected chi connectivity index (χ2v) is 6.11. The topological polar surface area (TPSA) is 21.3 Å². The molecule has 0 radical (unpaired) electrons. The van der Waals surface area contributed by atoms with Gasteiger partial charge in [-0.1, -0.05) is 19.1 Å². The average Bonchev–Trinajstić information content (AvgIpc) is 2.92. The van der Waals surface area contributed by atoms with E-state index in [-0.39, 0.29) is 0 Å². The van der Waals surface area contributed by atoms with Gasteiger partial charge in [0.2, 0.25) is 0 Å². The molecule has 19 heavy (non-hydrogen) atoms. The molecule has 1 aromatic heterocycles. The van der Waals surface area contributed by atoms with E-state index < -0.39 is 0 Å². The van der Waals surface area contributed by atoms with Gasteiger partial charge in [-0.05, 0) is 51.6 Å². The summed E-state index contributed by atoms with van der Waals surface area (Å²) < 4.78 is 6.83. The van der Waals surface area contributed by atoms with Crippen molar-refractivity contribution in [3.8, 4) is 5.75 Å². The third kappa shape index (κ3) is 4.64. The van der Waals surface area contributed by atoms with Crippen LogP contribution in [0.1, 0.15) is 17.4 Å². The summed E-state index contributed by atoms with van der Waals surface area (Å²) in [6, 6.07) is 10.5. The van der Waals surface area contributed by atoms with Crippen molar-refractivity contribution >= 4 is 27.3 Å². The van der Waals surface area contributed by atoms with Crippen LogP contribution in [-0.2, 0) is 13.0 Å².